The second kappa shape index (κ2) is 8.13. The molecule has 1 atom stereocenters. The van der Waals surface area contributed by atoms with E-state index in [-0.39, 0.29) is 0 Å². The van der Waals surface area contributed by atoms with E-state index in [1.165, 1.54) is 12.0 Å². The summed E-state index contributed by atoms with van der Waals surface area (Å²) in [7, 11) is 0. The van der Waals surface area contributed by atoms with Crippen molar-refractivity contribution in [2.24, 2.45) is 0 Å². The zero-order chi connectivity index (χ0) is 12.5. The molecule has 0 bridgehead atoms. The van der Waals surface area contributed by atoms with Gasteiger partial charge in [-0.3, -0.25) is 0 Å². The number of hydrogen-bond acceptors (Lipinski definition) is 2. The van der Waals surface area contributed by atoms with Crippen LogP contribution >= 0.6 is 0 Å². The maximum absolute atomic E-state index is 5.76. The predicted molar refractivity (Wildman–Crippen MR) is 73.7 cm³/mol. The van der Waals surface area contributed by atoms with Crippen molar-refractivity contribution in [2.75, 3.05) is 13.2 Å². The lowest BCUT2D eigenvalue weighted by Gasteiger charge is -2.16. The Morgan fingerprint density at radius 3 is 2.76 bits per heavy atom. The van der Waals surface area contributed by atoms with Gasteiger partial charge in [-0.1, -0.05) is 26.0 Å². The van der Waals surface area contributed by atoms with E-state index >= 15 is 0 Å². The average molecular weight is 235 g/mol. The lowest BCUT2D eigenvalue weighted by Crippen LogP contribution is -2.30. The number of aryl methyl sites for hydroxylation is 1. The first-order chi connectivity index (χ1) is 8.26. The Labute approximate surface area is 105 Å². The molecular formula is C15H25NO. The topological polar surface area (TPSA) is 21.3 Å². The van der Waals surface area contributed by atoms with E-state index in [4.69, 9.17) is 4.74 Å². The first kappa shape index (κ1) is 14.0. The standard InChI is InChI=1S/C15H25NO/c1-4-10-16-14(5-2)9-11-17-15-8-6-7-13(3)12-15/h6-8,12,14,16H,4-5,9-11H2,1-3H3. The molecule has 1 aromatic rings. The van der Waals surface area contributed by atoms with Gasteiger partial charge in [0.1, 0.15) is 5.75 Å². The van der Waals surface area contributed by atoms with E-state index in [1.807, 2.05) is 12.1 Å². The summed E-state index contributed by atoms with van der Waals surface area (Å²) < 4.78 is 5.76. The molecule has 0 aliphatic heterocycles. The minimum atomic E-state index is 0.583. The van der Waals surface area contributed by atoms with Crippen LogP contribution in [-0.2, 0) is 0 Å². The van der Waals surface area contributed by atoms with Crippen LogP contribution in [0, 0.1) is 6.92 Å². The van der Waals surface area contributed by atoms with Gasteiger partial charge in [0.2, 0.25) is 0 Å². The van der Waals surface area contributed by atoms with Gasteiger partial charge in [-0.05, 0) is 50.4 Å². The van der Waals surface area contributed by atoms with Crippen LogP contribution in [0.4, 0.5) is 0 Å². The second-order valence-electron chi connectivity index (χ2n) is 4.51. The summed E-state index contributed by atoms with van der Waals surface area (Å²) in [4.78, 5) is 0. The number of hydrogen-bond donors (Lipinski definition) is 1. The summed E-state index contributed by atoms with van der Waals surface area (Å²) in [6.45, 7) is 8.40. The van der Waals surface area contributed by atoms with Crippen molar-refractivity contribution < 1.29 is 4.74 Å². The van der Waals surface area contributed by atoms with Crippen molar-refractivity contribution in [3.05, 3.63) is 29.8 Å². The highest BCUT2D eigenvalue weighted by atomic mass is 16.5. The Balaban J connectivity index is 2.26. The molecule has 0 amide bonds. The zero-order valence-electron chi connectivity index (χ0n) is 11.3. The fourth-order valence-corrected chi connectivity index (χ4v) is 1.82. The fourth-order valence-electron chi connectivity index (χ4n) is 1.82. The van der Waals surface area contributed by atoms with E-state index in [9.17, 15) is 0 Å². The maximum Gasteiger partial charge on any atom is 0.119 e. The summed E-state index contributed by atoms with van der Waals surface area (Å²) in [6, 6.07) is 8.81. The lowest BCUT2D eigenvalue weighted by molar-refractivity contribution is 0.283. The Hall–Kier alpha value is -1.02. The third-order valence-electron chi connectivity index (χ3n) is 2.90. The molecule has 1 rings (SSSR count). The van der Waals surface area contributed by atoms with Crippen LogP contribution in [0.2, 0.25) is 0 Å². The van der Waals surface area contributed by atoms with Gasteiger partial charge in [-0.15, -0.1) is 0 Å². The summed E-state index contributed by atoms with van der Waals surface area (Å²) in [5.74, 6) is 0.982. The summed E-state index contributed by atoms with van der Waals surface area (Å²) in [6.07, 6.45) is 3.43. The zero-order valence-corrected chi connectivity index (χ0v) is 11.3. The molecule has 0 radical (unpaired) electrons. The Bertz CT molecular complexity index is 312. The molecule has 2 nitrogen and oxygen atoms in total. The van der Waals surface area contributed by atoms with Crippen LogP contribution < -0.4 is 10.1 Å². The molecule has 0 aliphatic carbocycles. The maximum atomic E-state index is 5.76. The highest BCUT2D eigenvalue weighted by Crippen LogP contribution is 2.13. The summed E-state index contributed by atoms with van der Waals surface area (Å²) in [5.41, 5.74) is 1.25. The number of benzene rings is 1. The van der Waals surface area contributed by atoms with Crippen LogP contribution in [0.3, 0.4) is 0 Å². The highest BCUT2D eigenvalue weighted by Gasteiger charge is 2.04. The first-order valence-corrected chi connectivity index (χ1v) is 6.69. The fraction of sp³-hybridized carbons (Fsp3) is 0.600. The van der Waals surface area contributed by atoms with Crippen molar-refractivity contribution in [2.45, 2.75) is 46.1 Å². The van der Waals surface area contributed by atoms with Crippen molar-refractivity contribution >= 4 is 0 Å². The molecular weight excluding hydrogens is 210 g/mol. The van der Waals surface area contributed by atoms with Gasteiger partial charge in [0, 0.05) is 6.04 Å². The van der Waals surface area contributed by atoms with Crippen LogP contribution in [0.1, 0.15) is 38.7 Å². The molecule has 0 saturated carbocycles. The highest BCUT2D eigenvalue weighted by molar-refractivity contribution is 5.27. The predicted octanol–water partition coefficient (Wildman–Crippen LogP) is 3.54. The SMILES string of the molecule is CCCNC(CC)CCOc1cccc(C)c1. The molecule has 0 aromatic heterocycles. The van der Waals surface area contributed by atoms with Crippen molar-refractivity contribution in [3.63, 3.8) is 0 Å². The van der Waals surface area contributed by atoms with E-state index < -0.39 is 0 Å². The molecule has 0 aliphatic rings. The third kappa shape index (κ3) is 5.73. The molecule has 96 valence electrons. The number of rotatable bonds is 8. The van der Waals surface area contributed by atoms with E-state index in [0.717, 1.165) is 31.7 Å². The molecule has 0 fully saturated rings. The monoisotopic (exact) mass is 235 g/mol. The quantitative estimate of drug-likeness (QED) is 0.744. The minimum Gasteiger partial charge on any atom is -0.494 e. The van der Waals surface area contributed by atoms with Gasteiger partial charge in [0.25, 0.3) is 0 Å². The van der Waals surface area contributed by atoms with E-state index in [0.29, 0.717) is 6.04 Å². The van der Waals surface area contributed by atoms with E-state index in [2.05, 4.69) is 38.2 Å². The van der Waals surface area contributed by atoms with Gasteiger partial charge in [0.05, 0.1) is 6.61 Å². The lowest BCUT2D eigenvalue weighted by atomic mass is 10.1. The van der Waals surface area contributed by atoms with Crippen LogP contribution in [-0.4, -0.2) is 19.2 Å². The normalized spacial score (nSPS) is 12.4. The molecule has 1 unspecified atom stereocenters. The van der Waals surface area contributed by atoms with Gasteiger partial charge >= 0.3 is 0 Å². The Morgan fingerprint density at radius 1 is 1.29 bits per heavy atom. The van der Waals surface area contributed by atoms with Crippen LogP contribution in [0.5, 0.6) is 5.75 Å². The smallest absolute Gasteiger partial charge is 0.119 e. The van der Waals surface area contributed by atoms with Crippen LogP contribution in [0.15, 0.2) is 24.3 Å². The van der Waals surface area contributed by atoms with Crippen LogP contribution in [0.25, 0.3) is 0 Å². The van der Waals surface area contributed by atoms with Crippen molar-refractivity contribution in [3.8, 4) is 5.75 Å². The molecule has 1 N–H and O–H groups in total. The molecule has 1 aromatic carbocycles. The van der Waals surface area contributed by atoms with Crippen molar-refractivity contribution in [1.82, 2.24) is 5.32 Å². The molecule has 2 heteroatoms. The van der Waals surface area contributed by atoms with Gasteiger partial charge < -0.3 is 10.1 Å². The van der Waals surface area contributed by atoms with E-state index in [1.54, 1.807) is 0 Å². The third-order valence-corrected chi connectivity index (χ3v) is 2.90. The average Bonchev–Trinajstić information content (AvgIpc) is 2.33. The van der Waals surface area contributed by atoms with Gasteiger partial charge in [-0.2, -0.15) is 0 Å². The first-order valence-electron chi connectivity index (χ1n) is 6.69. The van der Waals surface area contributed by atoms with Gasteiger partial charge in [-0.25, -0.2) is 0 Å². The summed E-state index contributed by atoms with van der Waals surface area (Å²) >= 11 is 0. The minimum absolute atomic E-state index is 0.583. The number of ether oxygens (including phenoxy) is 1. The van der Waals surface area contributed by atoms with Gasteiger partial charge in [0.15, 0.2) is 0 Å². The summed E-state index contributed by atoms with van der Waals surface area (Å²) in [5, 5.41) is 3.54. The molecule has 0 spiro atoms. The Morgan fingerprint density at radius 2 is 2.12 bits per heavy atom. The second-order valence-corrected chi connectivity index (χ2v) is 4.51. The largest absolute Gasteiger partial charge is 0.494 e. The van der Waals surface area contributed by atoms with Crippen molar-refractivity contribution in [1.29, 1.82) is 0 Å². The molecule has 0 saturated heterocycles. The Kier molecular flexibility index (Phi) is 6.71. The number of nitrogens with one attached hydrogen (secondary N) is 1. The molecule has 0 heterocycles. The molecule has 17 heavy (non-hydrogen) atoms.